The van der Waals surface area contributed by atoms with Crippen LogP contribution in [0.1, 0.15) is 20.8 Å². The highest BCUT2D eigenvalue weighted by Gasteiger charge is 2.50. The van der Waals surface area contributed by atoms with Crippen molar-refractivity contribution in [1.29, 1.82) is 0 Å². The molecular formula is C22H28O3Si. The molecule has 3 rings (SSSR count). The molecule has 2 atom stereocenters. The van der Waals surface area contributed by atoms with Gasteiger partial charge in [-0.2, -0.15) is 0 Å². The monoisotopic (exact) mass is 368 g/mol. The van der Waals surface area contributed by atoms with Gasteiger partial charge in [-0.05, 0) is 21.5 Å². The molecule has 2 aromatic carbocycles. The van der Waals surface area contributed by atoms with E-state index < -0.39 is 8.32 Å². The Kier molecular flexibility index (Phi) is 5.78. The standard InChI is InChI=1S/C22H28O3Si/c1-22(2,3)26(19-11-7-5-8-12-19,20-13-9-6-10-14-20)24-17-18-15-16-21(23-4)25-18/h5-16,18,21H,17H2,1-4H3/t18-,21-/m0/s1. The highest BCUT2D eigenvalue weighted by atomic mass is 28.4. The van der Waals surface area contributed by atoms with Crippen LogP contribution in [0.15, 0.2) is 72.8 Å². The van der Waals surface area contributed by atoms with Crippen molar-refractivity contribution < 1.29 is 13.9 Å². The Morgan fingerprint density at radius 1 is 0.885 bits per heavy atom. The molecule has 0 N–H and O–H groups in total. The van der Waals surface area contributed by atoms with Crippen LogP contribution in [-0.2, 0) is 13.9 Å². The Labute approximate surface area is 157 Å². The highest BCUT2D eigenvalue weighted by molar-refractivity contribution is 6.99. The predicted octanol–water partition coefficient (Wildman–Crippen LogP) is 3.49. The van der Waals surface area contributed by atoms with Gasteiger partial charge in [0.2, 0.25) is 0 Å². The molecule has 1 aliphatic heterocycles. The fourth-order valence-electron chi connectivity index (χ4n) is 3.68. The topological polar surface area (TPSA) is 27.7 Å². The molecule has 0 fully saturated rings. The summed E-state index contributed by atoms with van der Waals surface area (Å²) in [6.45, 7) is 7.36. The first-order valence-electron chi connectivity index (χ1n) is 9.09. The van der Waals surface area contributed by atoms with Gasteiger partial charge in [0.15, 0.2) is 6.29 Å². The molecule has 0 spiro atoms. The molecule has 1 aliphatic rings. The molecule has 0 aliphatic carbocycles. The second kappa shape index (κ2) is 7.88. The lowest BCUT2D eigenvalue weighted by Crippen LogP contribution is -2.67. The fraction of sp³-hybridized carbons (Fsp3) is 0.364. The van der Waals surface area contributed by atoms with E-state index >= 15 is 0 Å². The molecule has 0 aromatic heterocycles. The average molecular weight is 369 g/mol. The Hall–Kier alpha value is -1.72. The van der Waals surface area contributed by atoms with E-state index in [0.29, 0.717) is 6.61 Å². The van der Waals surface area contributed by atoms with Crippen molar-refractivity contribution in [2.45, 2.75) is 38.2 Å². The minimum atomic E-state index is -2.50. The Balaban J connectivity index is 1.99. The number of rotatable bonds is 6. The van der Waals surface area contributed by atoms with E-state index in [4.69, 9.17) is 13.9 Å². The number of hydrogen-bond donors (Lipinski definition) is 0. The third kappa shape index (κ3) is 3.69. The van der Waals surface area contributed by atoms with Crippen molar-refractivity contribution >= 4 is 18.7 Å². The van der Waals surface area contributed by atoms with Crippen LogP contribution in [0, 0.1) is 0 Å². The minimum Gasteiger partial charge on any atom is -0.404 e. The number of benzene rings is 2. The van der Waals surface area contributed by atoms with Crippen LogP contribution >= 0.6 is 0 Å². The maximum atomic E-state index is 6.85. The maximum absolute atomic E-state index is 6.85. The zero-order valence-corrected chi connectivity index (χ0v) is 17.0. The number of hydrogen-bond acceptors (Lipinski definition) is 3. The molecule has 0 amide bonds. The third-order valence-corrected chi connectivity index (χ3v) is 9.91. The quantitative estimate of drug-likeness (QED) is 0.577. The molecule has 26 heavy (non-hydrogen) atoms. The van der Waals surface area contributed by atoms with Crippen molar-refractivity contribution in [3.05, 3.63) is 72.8 Å². The van der Waals surface area contributed by atoms with Gasteiger partial charge in [0.1, 0.15) is 6.10 Å². The van der Waals surface area contributed by atoms with E-state index in [-0.39, 0.29) is 17.4 Å². The summed E-state index contributed by atoms with van der Waals surface area (Å²) >= 11 is 0. The largest absolute Gasteiger partial charge is 0.404 e. The van der Waals surface area contributed by atoms with E-state index in [9.17, 15) is 0 Å². The van der Waals surface area contributed by atoms with Crippen LogP contribution in [0.3, 0.4) is 0 Å². The van der Waals surface area contributed by atoms with Crippen LogP contribution < -0.4 is 10.4 Å². The Morgan fingerprint density at radius 3 is 1.85 bits per heavy atom. The summed E-state index contributed by atoms with van der Waals surface area (Å²) in [6.07, 6.45) is 3.62. The molecule has 138 valence electrons. The van der Waals surface area contributed by atoms with Gasteiger partial charge in [-0.25, -0.2) is 0 Å². The summed E-state index contributed by atoms with van der Waals surface area (Å²) in [7, 11) is -0.851. The first-order chi connectivity index (χ1) is 12.5. The normalized spacial score (nSPS) is 20.5. The van der Waals surface area contributed by atoms with E-state index in [0.717, 1.165) is 0 Å². The lowest BCUT2D eigenvalue weighted by Gasteiger charge is -2.43. The predicted molar refractivity (Wildman–Crippen MR) is 108 cm³/mol. The number of methoxy groups -OCH3 is 1. The van der Waals surface area contributed by atoms with Crippen molar-refractivity contribution in [3.63, 3.8) is 0 Å². The van der Waals surface area contributed by atoms with Crippen molar-refractivity contribution in [1.82, 2.24) is 0 Å². The summed E-state index contributed by atoms with van der Waals surface area (Å²) in [4.78, 5) is 0. The van der Waals surface area contributed by atoms with Gasteiger partial charge in [-0.15, -0.1) is 0 Å². The first kappa shape index (κ1) is 19.0. The van der Waals surface area contributed by atoms with Gasteiger partial charge < -0.3 is 13.9 Å². The Bertz CT molecular complexity index is 683. The fourth-order valence-corrected chi connectivity index (χ4v) is 8.25. The van der Waals surface area contributed by atoms with Crippen molar-refractivity contribution in [2.75, 3.05) is 13.7 Å². The summed E-state index contributed by atoms with van der Waals surface area (Å²) < 4.78 is 18.0. The van der Waals surface area contributed by atoms with Gasteiger partial charge in [0.05, 0.1) is 6.61 Å². The molecule has 0 bridgehead atoms. The Morgan fingerprint density at radius 2 is 1.42 bits per heavy atom. The molecule has 0 saturated carbocycles. The van der Waals surface area contributed by atoms with Gasteiger partial charge in [0, 0.05) is 7.11 Å². The average Bonchev–Trinajstić information content (AvgIpc) is 3.11. The number of ether oxygens (including phenoxy) is 2. The van der Waals surface area contributed by atoms with Gasteiger partial charge >= 0.3 is 0 Å². The van der Waals surface area contributed by atoms with E-state index in [1.807, 2.05) is 12.2 Å². The molecule has 0 unspecified atom stereocenters. The van der Waals surface area contributed by atoms with E-state index in [1.165, 1.54) is 10.4 Å². The van der Waals surface area contributed by atoms with Gasteiger partial charge in [-0.1, -0.05) is 87.5 Å². The van der Waals surface area contributed by atoms with Crippen molar-refractivity contribution in [2.24, 2.45) is 0 Å². The molecule has 0 saturated heterocycles. The maximum Gasteiger partial charge on any atom is 0.261 e. The molecule has 4 heteroatoms. The van der Waals surface area contributed by atoms with Crippen LogP contribution in [0.4, 0.5) is 0 Å². The smallest absolute Gasteiger partial charge is 0.261 e. The van der Waals surface area contributed by atoms with Crippen molar-refractivity contribution in [3.8, 4) is 0 Å². The van der Waals surface area contributed by atoms with E-state index in [2.05, 4.69) is 81.4 Å². The lowest BCUT2D eigenvalue weighted by atomic mass is 10.2. The zero-order chi connectivity index (χ0) is 18.6. The van der Waals surface area contributed by atoms with E-state index in [1.54, 1.807) is 7.11 Å². The van der Waals surface area contributed by atoms with Gasteiger partial charge in [-0.3, -0.25) is 0 Å². The summed E-state index contributed by atoms with van der Waals surface area (Å²) in [5.41, 5.74) is 0. The SMILES string of the molecule is CO[C@@H]1C=C[C@@H](CO[Si](c2ccccc2)(c2ccccc2)C(C)(C)C)O1. The molecule has 1 heterocycles. The van der Waals surface area contributed by atoms with Crippen LogP contribution in [0.25, 0.3) is 0 Å². The van der Waals surface area contributed by atoms with Crippen LogP contribution in [-0.4, -0.2) is 34.4 Å². The first-order valence-corrected chi connectivity index (χ1v) is 11.0. The van der Waals surface area contributed by atoms with Crippen LogP contribution in [0.5, 0.6) is 0 Å². The summed E-state index contributed by atoms with van der Waals surface area (Å²) in [6, 6.07) is 21.3. The lowest BCUT2D eigenvalue weighted by molar-refractivity contribution is -0.106. The summed E-state index contributed by atoms with van der Waals surface area (Å²) in [5.74, 6) is 0. The second-order valence-corrected chi connectivity index (χ2v) is 11.9. The molecule has 3 nitrogen and oxygen atoms in total. The second-order valence-electron chi connectivity index (χ2n) is 7.64. The zero-order valence-electron chi connectivity index (χ0n) is 16.0. The highest BCUT2D eigenvalue weighted by Crippen LogP contribution is 2.37. The molecule has 0 radical (unpaired) electrons. The minimum absolute atomic E-state index is 0.0291. The van der Waals surface area contributed by atoms with Gasteiger partial charge in [0.25, 0.3) is 8.32 Å². The molecular weight excluding hydrogens is 340 g/mol. The summed E-state index contributed by atoms with van der Waals surface area (Å²) in [5, 5.41) is 2.53. The third-order valence-electron chi connectivity index (χ3n) is 4.91. The van der Waals surface area contributed by atoms with Crippen LogP contribution in [0.2, 0.25) is 5.04 Å². The molecule has 2 aromatic rings.